The summed E-state index contributed by atoms with van der Waals surface area (Å²) in [6.07, 6.45) is 0.614. The predicted molar refractivity (Wildman–Crippen MR) is 68.3 cm³/mol. The van der Waals surface area contributed by atoms with Gasteiger partial charge in [-0.2, -0.15) is 11.3 Å². The molecule has 0 aliphatic carbocycles. The lowest BCUT2D eigenvalue weighted by atomic mass is 10.2. The van der Waals surface area contributed by atoms with Crippen molar-refractivity contribution >= 4 is 29.3 Å². The van der Waals surface area contributed by atoms with Crippen LogP contribution in [0.2, 0.25) is 0 Å². The third-order valence-electron chi connectivity index (χ3n) is 2.21. The van der Waals surface area contributed by atoms with Crippen LogP contribution in [0, 0.1) is 0 Å². The Morgan fingerprint density at radius 2 is 1.84 bits per heavy atom. The highest BCUT2D eigenvalue weighted by Gasteiger charge is 2.18. The molecular formula is C11H14N2O5S. The van der Waals surface area contributed by atoms with Crippen LogP contribution in [0.3, 0.4) is 0 Å². The molecule has 19 heavy (non-hydrogen) atoms. The summed E-state index contributed by atoms with van der Waals surface area (Å²) in [6, 6.07) is 1.23. The molecule has 1 heterocycles. The zero-order valence-corrected chi connectivity index (χ0v) is 10.9. The van der Waals surface area contributed by atoms with Crippen LogP contribution in [-0.2, 0) is 16.0 Å². The first-order chi connectivity index (χ1) is 8.99. The third-order valence-corrected chi connectivity index (χ3v) is 2.94. The van der Waals surface area contributed by atoms with Gasteiger partial charge in [-0.3, -0.25) is 9.59 Å². The second kappa shape index (κ2) is 7.37. The second-order valence-corrected chi connectivity index (χ2v) is 4.54. The van der Waals surface area contributed by atoms with Gasteiger partial charge < -0.3 is 20.4 Å². The minimum atomic E-state index is -1.26. The van der Waals surface area contributed by atoms with Gasteiger partial charge in [0.05, 0.1) is 0 Å². The van der Waals surface area contributed by atoms with Crippen LogP contribution in [0.4, 0.5) is 4.79 Å². The van der Waals surface area contributed by atoms with E-state index >= 15 is 0 Å². The molecule has 0 saturated heterocycles. The zero-order valence-electron chi connectivity index (χ0n) is 10.0. The molecule has 0 aromatic carbocycles. The molecule has 0 radical (unpaired) electrons. The van der Waals surface area contributed by atoms with Crippen LogP contribution < -0.4 is 5.32 Å². The van der Waals surface area contributed by atoms with E-state index in [-0.39, 0.29) is 0 Å². The van der Waals surface area contributed by atoms with Crippen molar-refractivity contribution in [3.63, 3.8) is 0 Å². The van der Waals surface area contributed by atoms with Crippen molar-refractivity contribution in [1.82, 2.24) is 10.2 Å². The highest BCUT2D eigenvalue weighted by molar-refractivity contribution is 7.07. The minimum absolute atomic E-state index is 0.325. The number of nitrogens with zero attached hydrogens (tertiary/aromatic N) is 1. The largest absolute Gasteiger partial charge is 0.480 e. The number of rotatable bonds is 7. The van der Waals surface area contributed by atoms with Crippen LogP contribution in [0.15, 0.2) is 16.8 Å². The Bertz CT molecular complexity index is 430. The van der Waals surface area contributed by atoms with E-state index in [0.29, 0.717) is 13.0 Å². The van der Waals surface area contributed by atoms with Crippen LogP contribution in [0.1, 0.15) is 5.56 Å². The Hall–Kier alpha value is -2.09. The van der Waals surface area contributed by atoms with E-state index in [1.165, 1.54) is 0 Å². The fraction of sp³-hybridized carbons (Fsp3) is 0.364. The van der Waals surface area contributed by atoms with E-state index in [1.807, 2.05) is 16.8 Å². The summed E-state index contributed by atoms with van der Waals surface area (Å²) in [5, 5.41) is 23.6. The SMILES string of the molecule is O=C(O)CN(CC(=O)O)C(=O)NCCc1ccsc1. The van der Waals surface area contributed by atoms with Crippen molar-refractivity contribution < 1.29 is 24.6 Å². The van der Waals surface area contributed by atoms with E-state index in [1.54, 1.807) is 11.3 Å². The number of carboxylic acids is 2. The van der Waals surface area contributed by atoms with Gasteiger partial charge in [0, 0.05) is 6.54 Å². The number of amides is 2. The topological polar surface area (TPSA) is 107 Å². The minimum Gasteiger partial charge on any atom is -0.480 e. The molecule has 0 aliphatic rings. The molecule has 3 N–H and O–H groups in total. The fourth-order valence-electron chi connectivity index (χ4n) is 1.39. The second-order valence-electron chi connectivity index (χ2n) is 3.76. The first kappa shape index (κ1) is 15.0. The Kier molecular flexibility index (Phi) is 5.80. The number of urea groups is 1. The molecule has 0 aliphatic heterocycles. The summed E-state index contributed by atoms with van der Waals surface area (Å²) in [6.45, 7) is -0.960. The molecule has 7 nitrogen and oxygen atoms in total. The van der Waals surface area contributed by atoms with Gasteiger partial charge in [0.15, 0.2) is 0 Å². The molecule has 104 valence electrons. The van der Waals surface area contributed by atoms with E-state index in [4.69, 9.17) is 10.2 Å². The fourth-order valence-corrected chi connectivity index (χ4v) is 2.09. The van der Waals surface area contributed by atoms with Crippen molar-refractivity contribution in [2.45, 2.75) is 6.42 Å². The number of hydrogen-bond acceptors (Lipinski definition) is 4. The summed E-state index contributed by atoms with van der Waals surface area (Å²) in [7, 11) is 0. The molecular weight excluding hydrogens is 272 g/mol. The number of carbonyl (C=O) groups is 3. The van der Waals surface area contributed by atoms with E-state index in [9.17, 15) is 14.4 Å². The van der Waals surface area contributed by atoms with Crippen molar-refractivity contribution in [1.29, 1.82) is 0 Å². The lowest BCUT2D eigenvalue weighted by Crippen LogP contribution is -2.45. The van der Waals surface area contributed by atoms with E-state index < -0.39 is 31.1 Å². The van der Waals surface area contributed by atoms with Crippen molar-refractivity contribution in [3.8, 4) is 0 Å². The number of nitrogens with one attached hydrogen (secondary N) is 1. The first-order valence-corrected chi connectivity index (χ1v) is 6.40. The van der Waals surface area contributed by atoms with Crippen molar-refractivity contribution in [2.75, 3.05) is 19.6 Å². The zero-order chi connectivity index (χ0) is 14.3. The first-order valence-electron chi connectivity index (χ1n) is 5.46. The van der Waals surface area contributed by atoms with Gasteiger partial charge in [-0.1, -0.05) is 0 Å². The highest BCUT2D eigenvalue weighted by atomic mass is 32.1. The number of hydrogen-bond donors (Lipinski definition) is 3. The summed E-state index contributed by atoms with van der Waals surface area (Å²) in [4.78, 5) is 33.5. The van der Waals surface area contributed by atoms with Gasteiger partial charge in [-0.15, -0.1) is 0 Å². The molecule has 0 unspecified atom stereocenters. The van der Waals surface area contributed by atoms with Gasteiger partial charge in [0.25, 0.3) is 0 Å². The maximum absolute atomic E-state index is 11.6. The molecule has 2 amide bonds. The van der Waals surface area contributed by atoms with Crippen molar-refractivity contribution in [2.24, 2.45) is 0 Å². The van der Waals surface area contributed by atoms with Gasteiger partial charge in [-0.05, 0) is 28.8 Å². The lowest BCUT2D eigenvalue weighted by molar-refractivity contribution is -0.140. The molecule has 0 spiro atoms. The summed E-state index contributed by atoms with van der Waals surface area (Å²) in [5.41, 5.74) is 1.06. The number of aliphatic carboxylic acids is 2. The molecule has 0 bridgehead atoms. The Balaban J connectivity index is 2.42. The summed E-state index contributed by atoms with van der Waals surface area (Å²) in [5.74, 6) is -2.51. The molecule has 1 aromatic rings. The Morgan fingerprint density at radius 1 is 1.21 bits per heavy atom. The molecule has 1 rings (SSSR count). The number of carbonyl (C=O) groups excluding carboxylic acids is 1. The maximum Gasteiger partial charge on any atom is 0.323 e. The van der Waals surface area contributed by atoms with Gasteiger partial charge >= 0.3 is 18.0 Å². The van der Waals surface area contributed by atoms with Crippen molar-refractivity contribution in [3.05, 3.63) is 22.4 Å². The summed E-state index contributed by atoms with van der Waals surface area (Å²) < 4.78 is 0. The third kappa shape index (κ3) is 5.87. The Labute approximate surface area is 113 Å². The molecule has 1 aromatic heterocycles. The van der Waals surface area contributed by atoms with Gasteiger partial charge in [0.2, 0.25) is 0 Å². The smallest absolute Gasteiger partial charge is 0.323 e. The average molecular weight is 286 g/mol. The van der Waals surface area contributed by atoms with Gasteiger partial charge in [-0.25, -0.2) is 4.79 Å². The molecule has 0 fully saturated rings. The maximum atomic E-state index is 11.6. The quantitative estimate of drug-likeness (QED) is 0.675. The van der Waals surface area contributed by atoms with Gasteiger partial charge in [0.1, 0.15) is 13.1 Å². The van der Waals surface area contributed by atoms with Crippen LogP contribution in [0.5, 0.6) is 0 Å². The standard InChI is InChI=1S/C11H14N2O5S/c14-9(15)5-13(6-10(16)17)11(18)12-3-1-8-2-4-19-7-8/h2,4,7H,1,3,5-6H2,(H,12,18)(H,14,15)(H,16,17). The molecule has 0 atom stereocenters. The molecule has 8 heteroatoms. The van der Waals surface area contributed by atoms with E-state index in [2.05, 4.69) is 5.32 Å². The molecule has 0 saturated carbocycles. The highest BCUT2D eigenvalue weighted by Crippen LogP contribution is 2.05. The predicted octanol–water partition coefficient (Wildman–Crippen LogP) is 0.471. The Morgan fingerprint density at radius 3 is 2.32 bits per heavy atom. The van der Waals surface area contributed by atoms with Crippen LogP contribution in [-0.4, -0.2) is 52.7 Å². The number of thiophene rings is 1. The summed E-state index contributed by atoms with van der Waals surface area (Å²) >= 11 is 1.54. The lowest BCUT2D eigenvalue weighted by Gasteiger charge is -2.18. The van der Waals surface area contributed by atoms with Crippen LogP contribution in [0.25, 0.3) is 0 Å². The number of carboxylic acid groups (broad SMARTS) is 2. The average Bonchev–Trinajstić information content (AvgIpc) is 2.79. The van der Waals surface area contributed by atoms with E-state index in [0.717, 1.165) is 10.5 Å². The monoisotopic (exact) mass is 286 g/mol. The van der Waals surface area contributed by atoms with Crippen LogP contribution >= 0.6 is 11.3 Å². The normalized spacial score (nSPS) is 9.89.